The third-order valence-electron chi connectivity index (χ3n) is 3.56. The fourth-order valence-corrected chi connectivity index (χ4v) is 2.42. The molecule has 1 unspecified atom stereocenters. The number of benzene rings is 1. The summed E-state index contributed by atoms with van der Waals surface area (Å²) in [6.45, 7) is 2.84. The molecule has 1 aromatic carbocycles. The zero-order chi connectivity index (χ0) is 13.1. The minimum absolute atomic E-state index is 0.0309. The maximum absolute atomic E-state index is 13.1. The minimum atomic E-state index is -0.476. The number of amides is 1. The van der Waals surface area contributed by atoms with Crippen LogP contribution in [0.2, 0.25) is 0 Å². The average Bonchev–Trinajstić information content (AvgIpc) is 2.56. The number of likely N-dealkylation sites (tertiary alicyclic amines) is 1. The third-order valence-corrected chi connectivity index (χ3v) is 3.56. The van der Waals surface area contributed by atoms with Crippen LogP contribution in [0.25, 0.3) is 0 Å². The smallest absolute Gasteiger partial charge is 0.254 e. The SMILES string of the molecule is CC1CCCCCN1C(=O)c1ccc(F)c(N)c1. The maximum atomic E-state index is 13.1. The largest absolute Gasteiger partial charge is 0.396 e. The average molecular weight is 250 g/mol. The van der Waals surface area contributed by atoms with Gasteiger partial charge in [-0.05, 0) is 38.0 Å². The van der Waals surface area contributed by atoms with Crippen LogP contribution in [0, 0.1) is 5.82 Å². The molecule has 4 heteroatoms. The highest BCUT2D eigenvalue weighted by Gasteiger charge is 2.23. The lowest BCUT2D eigenvalue weighted by Gasteiger charge is -2.27. The normalized spacial score (nSPS) is 20.6. The molecule has 1 saturated heterocycles. The van der Waals surface area contributed by atoms with Crippen molar-refractivity contribution in [3.63, 3.8) is 0 Å². The maximum Gasteiger partial charge on any atom is 0.254 e. The number of carbonyl (C=O) groups is 1. The van der Waals surface area contributed by atoms with Crippen LogP contribution in [0.1, 0.15) is 43.0 Å². The lowest BCUT2D eigenvalue weighted by Crippen LogP contribution is -2.38. The van der Waals surface area contributed by atoms with Crippen molar-refractivity contribution < 1.29 is 9.18 Å². The summed E-state index contributed by atoms with van der Waals surface area (Å²) in [5.41, 5.74) is 6.01. The summed E-state index contributed by atoms with van der Waals surface area (Å²) < 4.78 is 13.1. The van der Waals surface area contributed by atoms with Gasteiger partial charge in [-0.2, -0.15) is 0 Å². The quantitative estimate of drug-likeness (QED) is 0.779. The van der Waals surface area contributed by atoms with Crippen molar-refractivity contribution in [1.29, 1.82) is 0 Å². The Bertz CT molecular complexity index is 447. The van der Waals surface area contributed by atoms with Crippen molar-refractivity contribution in [3.8, 4) is 0 Å². The first-order chi connectivity index (χ1) is 8.59. The van der Waals surface area contributed by atoms with Gasteiger partial charge in [0.2, 0.25) is 0 Å². The number of nitrogens with two attached hydrogens (primary N) is 1. The van der Waals surface area contributed by atoms with E-state index in [0.717, 1.165) is 25.8 Å². The van der Waals surface area contributed by atoms with E-state index in [1.54, 1.807) is 0 Å². The van der Waals surface area contributed by atoms with Gasteiger partial charge in [-0.15, -0.1) is 0 Å². The molecule has 1 aliphatic heterocycles. The van der Waals surface area contributed by atoms with Gasteiger partial charge in [-0.25, -0.2) is 4.39 Å². The van der Waals surface area contributed by atoms with Gasteiger partial charge in [-0.1, -0.05) is 12.8 Å². The first-order valence-electron chi connectivity index (χ1n) is 6.45. The Morgan fingerprint density at radius 2 is 2.17 bits per heavy atom. The van der Waals surface area contributed by atoms with Crippen LogP contribution in [-0.4, -0.2) is 23.4 Å². The molecule has 1 aliphatic rings. The van der Waals surface area contributed by atoms with Crippen molar-refractivity contribution in [1.82, 2.24) is 4.90 Å². The second-order valence-electron chi connectivity index (χ2n) is 4.93. The minimum Gasteiger partial charge on any atom is -0.396 e. The second-order valence-corrected chi connectivity index (χ2v) is 4.93. The van der Waals surface area contributed by atoms with E-state index in [-0.39, 0.29) is 17.6 Å². The van der Waals surface area contributed by atoms with E-state index in [2.05, 4.69) is 6.92 Å². The molecule has 0 spiro atoms. The third kappa shape index (κ3) is 2.63. The van der Waals surface area contributed by atoms with E-state index in [4.69, 9.17) is 5.73 Å². The van der Waals surface area contributed by atoms with Crippen LogP contribution in [0.4, 0.5) is 10.1 Å². The zero-order valence-electron chi connectivity index (χ0n) is 10.7. The first-order valence-corrected chi connectivity index (χ1v) is 6.45. The van der Waals surface area contributed by atoms with E-state index in [1.165, 1.54) is 24.6 Å². The molecule has 1 amide bonds. The highest BCUT2D eigenvalue weighted by Crippen LogP contribution is 2.20. The van der Waals surface area contributed by atoms with Crippen molar-refractivity contribution in [2.24, 2.45) is 0 Å². The van der Waals surface area contributed by atoms with Crippen molar-refractivity contribution >= 4 is 11.6 Å². The number of rotatable bonds is 1. The van der Waals surface area contributed by atoms with Gasteiger partial charge < -0.3 is 10.6 Å². The highest BCUT2D eigenvalue weighted by molar-refractivity contribution is 5.95. The Kier molecular flexibility index (Phi) is 3.84. The van der Waals surface area contributed by atoms with Gasteiger partial charge in [-0.3, -0.25) is 4.79 Å². The summed E-state index contributed by atoms with van der Waals surface area (Å²) >= 11 is 0. The van der Waals surface area contributed by atoms with Gasteiger partial charge in [0.05, 0.1) is 5.69 Å². The number of carbonyl (C=O) groups excluding carboxylic acids is 1. The summed E-state index contributed by atoms with van der Waals surface area (Å²) in [5, 5.41) is 0. The number of hydrogen-bond acceptors (Lipinski definition) is 2. The molecule has 0 aromatic heterocycles. The summed E-state index contributed by atoms with van der Waals surface area (Å²) in [4.78, 5) is 14.2. The van der Waals surface area contributed by atoms with Gasteiger partial charge in [0.15, 0.2) is 0 Å². The predicted octanol–water partition coefficient (Wildman–Crippen LogP) is 2.81. The molecule has 18 heavy (non-hydrogen) atoms. The molecule has 98 valence electrons. The number of nitrogens with zero attached hydrogens (tertiary/aromatic N) is 1. The van der Waals surface area contributed by atoms with Crippen LogP contribution in [-0.2, 0) is 0 Å². The van der Waals surface area contributed by atoms with E-state index < -0.39 is 5.82 Å². The molecular formula is C14H19FN2O. The summed E-state index contributed by atoms with van der Waals surface area (Å²) in [6.07, 6.45) is 4.39. The molecule has 1 fully saturated rings. The molecule has 2 N–H and O–H groups in total. The van der Waals surface area contributed by atoms with Crippen LogP contribution < -0.4 is 5.73 Å². The Balaban J connectivity index is 2.21. The van der Waals surface area contributed by atoms with Crippen molar-refractivity contribution in [2.45, 2.75) is 38.6 Å². The van der Waals surface area contributed by atoms with E-state index in [9.17, 15) is 9.18 Å². The first kappa shape index (κ1) is 12.9. The van der Waals surface area contributed by atoms with Crippen molar-refractivity contribution in [3.05, 3.63) is 29.6 Å². The van der Waals surface area contributed by atoms with E-state index in [1.807, 2.05) is 4.90 Å². The van der Waals surface area contributed by atoms with E-state index >= 15 is 0 Å². The Morgan fingerprint density at radius 3 is 2.89 bits per heavy atom. The molecule has 0 radical (unpaired) electrons. The molecule has 1 atom stereocenters. The van der Waals surface area contributed by atoms with Gasteiger partial charge in [0.25, 0.3) is 5.91 Å². The molecule has 2 rings (SSSR count). The Hall–Kier alpha value is -1.58. The number of anilines is 1. The molecular weight excluding hydrogens is 231 g/mol. The fourth-order valence-electron chi connectivity index (χ4n) is 2.42. The fraction of sp³-hybridized carbons (Fsp3) is 0.500. The molecule has 3 nitrogen and oxygen atoms in total. The summed E-state index contributed by atoms with van der Waals surface area (Å²) in [7, 11) is 0. The lowest BCUT2D eigenvalue weighted by atomic mass is 10.1. The Morgan fingerprint density at radius 1 is 1.39 bits per heavy atom. The van der Waals surface area contributed by atoms with Crippen LogP contribution in [0.3, 0.4) is 0 Å². The molecule has 0 aliphatic carbocycles. The predicted molar refractivity (Wildman–Crippen MR) is 69.8 cm³/mol. The van der Waals surface area contributed by atoms with Crippen LogP contribution in [0.15, 0.2) is 18.2 Å². The molecule has 0 saturated carbocycles. The van der Waals surface area contributed by atoms with Gasteiger partial charge in [0, 0.05) is 18.2 Å². The van der Waals surface area contributed by atoms with Gasteiger partial charge >= 0.3 is 0 Å². The Labute approximate surface area is 107 Å². The standard InChI is InChI=1S/C14H19FN2O/c1-10-5-3-2-4-8-17(10)14(18)11-6-7-12(15)13(16)9-11/h6-7,9-10H,2-5,8,16H2,1H3. The molecule has 1 aromatic rings. The number of hydrogen-bond donors (Lipinski definition) is 1. The summed E-state index contributed by atoms with van der Waals surface area (Å²) in [5.74, 6) is -0.522. The molecule has 1 heterocycles. The number of nitrogen functional groups attached to an aromatic ring is 1. The topological polar surface area (TPSA) is 46.3 Å². The number of halogens is 1. The van der Waals surface area contributed by atoms with Crippen LogP contribution >= 0.6 is 0 Å². The molecule has 0 bridgehead atoms. The van der Waals surface area contributed by atoms with Crippen molar-refractivity contribution in [2.75, 3.05) is 12.3 Å². The highest BCUT2D eigenvalue weighted by atomic mass is 19.1. The summed E-state index contributed by atoms with van der Waals surface area (Å²) in [6, 6.07) is 4.43. The lowest BCUT2D eigenvalue weighted by molar-refractivity contribution is 0.0698. The second kappa shape index (κ2) is 5.38. The zero-order valence-corrected chi connectivity index (χ0v) is 10.7. The monoisotopic (exact) mass is 250 g/mol. The van der Waals surface area contributed by atoms with E-state index in [0.29, 0.717) is 5.56 Å². The van der Waals surface area contributed by atoms with Gasteiger partial charge in [0.1, 0.15) is 5.82 Å². The van der Waals surface area contributed by atoms with Crippen LogP contribution in [0.5, 0.6) is 0 Å².